The van der Waals surface area contributed by atoms with E-state index in [1.807, 2.05) is 35.9 Å². The van der Waals surface area contributed by atoms with Crippen molar-refractivity contribution in [2.75, 3.05) is 0 Å². The third-order valence-corrected chi connectivity index (χ3v) is 39.1. The Labute approximate surface area is 387 Å². The molecule has 7 heteroatoms. The van der Waals surface area contributed by atoms with Crippen molar-refractivity contribution < 1.29 is 0 Å². The Hall–Kier alpha value is 0.0325. The zero-order valence-electron chi connectivity index (χ0n) is 40.0. The summed E-state index contributed by atoms with van der Waals surface area (Å²) in [4.78, 5) is 16.1. The molecule has 0 amide bonds. The standard InChI is InChI=1S/C25H39S2Si.C24H38S2Si.3CH3.Sn/c1-6-7-8-9-16-28(17-14-20(4)12-10-11-19(2)3)22-13-15-26-24(22)25-23(28)18-21(5)27-25;1-5-6-7-8-17-27(18-14-20(4)11-9-10-19(2)3)21-12-15-25-23(21)24-22(27)13-16-26-24;;;;/h13,18-20H,6-12,14,16-17H2,1-5H3;12-13,15-16,19-20H,5-11,14,17-18H2,1-4H3;3*1H3;. The van der Waals surface area contributed by atoms with Crippen molar-refractivity contribution in [1.29, 1.82) is 0 Å². The minimum Gasteiger partial charge on any atom is -0.143 e. The van der Waals surface area contributed by atoms with Crippen LogP contribution in [0.4, 0.5) is 0 Å². The van der Waals surface area contributed by atoms with Gasteiger partial charge in [-0.2, -0.15) is 0 Å². The summed E-state index contributed by atoms with van der Waals surface area (Å²) in [7, 11) is -3.15. The quantitative estimate of drug-likeness (QED) is 0.0458. The fraction of sp³-hybridized carbons (Fsp3) is 0.692. The summed E-state index contributed by atoms with van der Waals surface area (Å²) in [5.41, 5.74) is 0. The summed E-state index contributed by atoms with van der Waals surface area (Å²) < 4.78 is 1.82. The molecule has 4 aromatic heterocycles. The van der Waals surface area contributed by atoms with Crippen LogP contribution in [0, 0.1) is 30.6 Å². The molecule has 0 radical (unpaired) electrons. The molecule has 0 saturated carbocycles. The van der Waals surface area contributed by atoms with Gasteiger partial charge in [0, 0.05) is 9.75 Å². The van der Waals surface area contributed by atoms with Crippen molar-refractivity contribution in [2.24, 2.45) is 23.7 Å². The molecule has 0 nitrogen and oxygen atoms in total. The number of hydrogen-bond acceptors (Lipinski definition) is 4. The molecule has 0 aliphatic carbocycles. The van der Waals surface area contributed by atoms with E-state index in [0.717, 1.165) is 23.7 Å². The van der Waals surface area contributed by atoms with Gasteiger partial charge in [-0.3, -0.25) is 0 Å². The van der Waals surface area contributed by atoms with E-state index in [1.54, 1.807) is 34.8 Å². The first-order valence-electron chi connectivity index (χ1n) is 24.6. The minimum atomic E-state index is -2.06. The van der Waals surface area contributed by atoms with Crippen LogP contribution in [0.15, 0.2) is 35.0 Å². The predicted octanol–water partition coefficient (Wildman–Crippen LogP) is 16.4. The maximum Gasteiger partial charge on any atom is 0.122 e. The summed E-state index contributed by atoms with van der Waals surface area (Å²) in [5, 5.41) is 12.1. The average Bonchev–Trinajstić information content (AvgIpc) is 4.02. The molecule has 0 bridgehead atoms. The smallest absolute Gasteiger partial charge is 0.122 e. The fourth-order valence-electron chi connectivity index (χ4n) is 10.4. The molecule has 3 unspecified atom stereocenters. The summed E-state index contributed by atoms with van der Waals surface area (Å²) >= 11 is 6.27. The Bertz CT molecular complexity index is 1790. The van der Waals surface area contributed by atoms with Crippen LogP contribution in [0.5, 0.6) is 0 Å². The Morgan fingerprint density at radius 2 is 0.949 bits per heavy atom. The number of fused-ring (bicyclic) bond motifs is 6. The molecule has 2 aliphatic heterocycles. The largest absolute Gasteiger partial charge is 0.143 e. The molecule has 59 heavy (non-hydrogen) atoms. The number of aryl methyl sites for hydroxylation is 1. The van der Waals surface area contributed by atoms with E-state index >= 15 is 0 Å². The van der Waals surface area contributed by atoms with Gasteiger partial charge in [0.05, 0.1) is 0 Å². The van der Waals surface area contributed by atoms with Crippen LogP contribution in [0.2, 0.25) is 39.0 Å². The van der Waals surface area contributed by atoms with Crippen LogP contribution in [-0.4, -0.2) is 34.5 Å². The van der Waals surface area contributed by atoms with Gasteiger partial charge in [-0.05, 0) is 45.1 Å². The summed E-state index contributed by atoms with van der Waals surface area (Å²) in [6.45, 7) is 21.5. The SMILES string of the molecule is CCCCCC[Si]1(CCC(C)CCCC(C)C)c2cc(C)sc2-c2s[c]([Sn]([CH3])([CH3])[CH3])cc21.CCCCCC[Si]1(CCC(C)CCCC(C)C)c2ccsc2-c2sccc21. The molecule has 2 aliphatic rings. The third kappa shape index (κ3) is 12.6. The van der Waals surface area contributed by atoms with Crippen LogP contribution in [0.25, 0.3) is 19.5 Å². The van der Waals surface area contributed by atoms with Crippen molar-refractivity contribution in [2.45, 2.75) is 204 Å². The van der Waals surface area contributed by atoms with Crippen molar-refractivity contribution in [3.63, 3.8) is 0 Å². The Morgan fingerprint density at radius 3 is 1.41 bits per heavy atom. The average molecular weight is 1010 g/mol. The van der Waals surface area contributed by atoms with Gasteiger partial charge in [-0.1, -0.05) is 91.2 Å². The first-order chi connectivity index (χ1) is 28.2. The molecule has 0 N–H and O–H groups in total. The van der Waals surface area contributed by atoms with Gasteiger partial charge in [0.1, 0.15) is 8.07 Å². The number of unbranched alkanes of at least 4 members (excludes halogenated alkanes) is 6. The van der Waals surface area contributed by atoms with Gasteiger partial charge in [0.25, 0.3) is 0 Å². The second kappa shape index (κ2) is 23.3. The monoisotopic (exact) mass is 1010 g/mol. The number of rotatable bonds is 25. The van der Waals surface area contributed by atoms with Crippen molar-refractivity contribution >= 4 is 104 Å². The number of thiophene rings is 4. The fourth-order valence-corrected chi connectivity index (χ4v) is 34.6. The minimum absolute atomic E-state index is 0.850. The molecule has 0 saturated heterocycles. The third-order valence-electron chi connectivity index (χ3n) is 14.1. The Kier molecular flexibility index (Phi) is 19.8. The van der Waals surface area contributed by atoms with E-state index in [-0.39, 0.29) is 0 Å². The summed E-state index contributed by atoms with van der Waals surface area (Å²) in [6, 6.07) is 16.4. The molecular weight excluding hydrogens is 928 g/mol. The molecular formula is C52H86S4Si2Sn. The first kappa shape index (κ1) is 50.0. The maximum atomic E-state index is 2.79. The first-order valence-corrected chi connectivity index (χ1v) is 42.8. The molecule has 0 spiro atoms. The van der Waals surface area contributed by atoms with Crippen molar-refractivity contribution in [3.05, 3.63) is 39.9 Å². The van der Waals surface area contributed by atoms with E-state index in [4.69, 9.17) is 0 Å². The molecule has 6 rings (SSSR count). The van der Waals surface area contributed by atoms with Crippen LogP contribution in [-0.2, 0) is 0 Å². The van der Waals surface area contributed by atoms with Gasteiger partial charge in [0.15, 0.2) is 0 Å². The Balaban J connectivity index is 0.000000227. The van der Waals surface area contributed by atoms with Crippen LogP contribution >= 0.6 is 45.3 Å². The van der Waals surface area contributed by atoms with E-state index < -0.39 is 34.5 Å². The zero-order chi connectivity index (χ0) is 42.8. The van der Waals surface area contributed by atoms with E-state index in [0.29, 0.717) is 0 Å². The van der Waals surface area contributed by atoms with Gasteiger partial charge in [-0.25, -0.2) is 0 Å². The van der Waals surface area contributed by atoms with Crippen LogP contribution < -0.4 is 23.6 Å². The molecule has 4 aromatic rings. The maximum absolute atomic E-state index is 2.79. The molecule has 0 fully saturated rings. The zero-order valence-corrected chi connectivity index (χ0v) is 48.2. The van der Waals surface area contributed by atoms with Crippen LogP contribution in [0.3, 0.4) is 0 Å². The molecule has 0 aromatic carbocycles. The van der Waals surface area contributed by atoms with E-state index in [2.05, 4.69) is 135 Å². The van der Waals surface area contributed by atoms with Crippen molar-refractivity contribution in [1.82, 2.24) is 0 Å². The Morgan fingerprint density at radius 1 is 0.492 bits per heavy atom. The molecule has 3 atom stereocenters. The molecule has 6 heterocycles. The molecule has 330 valence electrons. The van der Waals surface area contributed by atoms with Gasteiger partial charge >= 0.3 is 214 Å². The normalized spacial score (nSPS) is 17.5. The number of hydrogen-bond donors (Lipinski definition) is 0. The summed E-state index contributed by atoms with van der Waals surface area (Å²) in [6.07, 6.45) is 22.6. The van der Waals surface area contributed by atoms with Gasteiger partial charge in [0.2, 0.25) is 0 Å². The predicted molar refractivity (Wildman–Crippen MR) is 285 cm³/mol. The van der Waals surface area contributed by atoms with Gasteiger partial charge in [-0.15, -0.1) is 22.7 Å². The second-order valence-electron chi connectivity index (χ2n) is 21.3. The topological polar surface area (TPSA) is 0 Å². The van der Waals surface area contributed by atoms with Crippen LogP contribution in [0.1, 0.15) is 163 Å². The van der Waals surface area contributed by atoms with E-state index in [9.17, 15) is 0 Å². The van der Waals surface area contributed by atoms with Crippen molar-refractivity contribution in [3.8, 4) is 19.5 Å². The summed E-state index contributed by atoms with van der Waals surface area (Å²) in [5.74, 6) is 3.46. The van der Waals surface area contributed by atoms with Gasteiger partial charge < -0.3 is 0 Å². The van der Waals surface area contributed by atoms with E-state index in [1.165, 1.54) is 127 Å². The second-order valence-corrected chi connectivity index (χ2v) is 49.3.